The van der Waals surface area contributed by atoms with Gasteiger partial charge in [0.05, 0.1) is 21.0 Å². The van der Waals surface area contributed by atoms with E-state index in [-0.39, 0.29) is 48.1 Å². The number of esters is 1. The quantitative estimate of drug-likeness (QED) is 0.131. The van der Waals surface area contributed by atoms with E-state index in [9.17, 15) is 10.1 Å². The molecule has 12 heteroatoms. The van der Waals surface area contributed by atoms with Crippen LogP contribution in [0.4, 0.5) is 0 Å². The zero-order chi connectivity index (χ0) is 26.1. The van der Waals surface area contributed by atoms with E-state index in [0.717, 1.165) is 10.0 Å². The molecule has 1 aliphatic rings. The van der Waals surface area contributed by atoms with E-state index in [1.54, 1.807) is 12.1 Å². The van der Waals surface area contributed by atoms with Crippen LogP contribution in [0.1, 0.15) is 17.0 Å². The van der Waals surface area contributed by atoms with E-state index in [1.165, 1.54) is 6.07 Å². The lowest BCUT2D eigenvalue weighted by molar-refractivity contribution is -0.136. The van der Waals surface area contributed by atoms with Crippen LogP contribution < -0.4 is 19.9 Å². The van der Waals surface area contributed by atoms with Crippen molar-refractivity contribution in [3.63, 3.8) is 0 Å². The number of allylic oxidation sites excluding steroid dienone is 1. The predicted molar refractivity (Wildman–Crippen MR) is 143 cm³/mol. The minimum Gasteiger partial charge on any atom is -0.479 e. The van der Waals surface area contributed by atoms with Gasteiger partial charge < -0.3 is 19.9 Å². The fourth-order valence-corrected chi connectivity index (χ4v) is 5.00. The fraction of sp³-hybridized carbons (Fsp3) is 0.0833. The van der Waals surface area contributed by atoms with Crippen LogP contribution in [-0.4, -0.2) is 12.6 Å². The van der Waals surface area contributed by atoms with Crippen LogP contribution in [-0.2, 0) is 4.79 Å². The van der Waals surface area contributed by atoms with Gasteiger partial charge in [-0.25, -0.2) is 4.79 Å². The van der Waals surface area contributed by atoms with Gasteiger partial charge in [0.1, 0.15) is 33.2 Å². The highest BCUT2D eigenvalue weighted by Crippen LogP contribution is 2.48. The third kappa shape index (κ3) is 5.21. The topological polar surface area (TPSA) is 94.6 Å². The molecule has 1 unspecified atom stereocenters. The molecule has 0 bridgehead atoms. The number of carbonyl (C=O) groups is 1. The average Bonchev–Trinajstić information content (AvgIpc) is 2.86. The van der Waals surface area contributed by atoms with Crippen LogP contribution in [0.5, 0.6) is 17.2 Å². The van der Waals surface area contributed by atoms with Gasteiger partial charge in [0.2, 0.25) is 5.88 Å². The van der Waals surface area contributed by atoms with Crippen molar-refractivity contribution in [1.82, 2.24) is 0 Å². The SMILES string of the molecule is N#CC1=C(N)Oc2cc(OC(=O)COc3c(Cl)c(Cl)c(Cl)c(Cl)c3Cl)ccc2C1c1ccc(Br)cc1. The Morgan fingerprint density at radius 1 is 1.00 bits per heavy atom. The van der Waals surface area contributed by atoms with Crippen molar-refractivity contribution in [3.8, 4) is 23.3 Å². The minimum absolute atomic E-state index is 0.0355. The molecule has 0 spiro atoms. The van der Waals surface area contributed by atoms with Gasteiger partial charge in [-0.15, -0.1) is 0 Å². The maximum absolute atomic E-state index is 12.4. The molecule has 2 N–H and O–H groups in total. The molecule has 1 heterocycles. The number of carbonyl (C=O) groups excluding carboxylic acids is 1. The molecular formula is C24H12BrCl5N2O4. The summed E-state index contributed by atoms with van der Waals surface area (Å²) in [4.78, 5) is 12.4. The molecule has 0 saturated heterocycles. The second kappa shape index (κ2) is 11.0. The Bertz CT molecular complexity index is 1430. The van der Waals surface area contributed by atoms with Gasteiger partial charge in [0.15, 0.2) is 12.4 Å². The van der Waals surface area contributed by atoms with Gasteiger partial charge in [-0.1, -0.05) is 92.1 Å². The van der Waals surface area contributed by atoms with Gasteiger partial charge in [-0.2, -0.15) is 5.26 Å². The summed E-state index contributed by atoms with van der Waals surface area (Å²) in [5.41, 5.74) is 7.83. The summed E-state index contributed by atoms with van der Waals surface area (Å²) >= 11 is 33.6. The number of nitrogens with zero attached hydrogens (tertiary/aromatic N) is 1. The number of hydrogen-bond acceptors (Lipinski definition) is 6. The van der Waals surface area contributed by atoms with E-state index in [4.69, 9.17) is 77.9 Å². The van der Waals surface area contributed by atoms with Crippen LogP contribution in [0.2, 0.25) is 25.1 Å². The smallest absolute Gasteiger partial charge is 0.349 e. The van der Waals surface area contributed by atoms with E-state index in [1.807, 2.05) is 24.3 Å². The van der Waals surface area contributed by atoms with Crippen LogP contribution in [0.25, 0.3) is 0 Å². The molecule has 0 saturated carbocycles. The highest BCUT2D eigenvalue weighted by Gasteiger charge is 2.31. The Morgan fingerprint density at radius 2 is 1.61 bits per heavy atom. The van der Waals surface area contributed by atoms with Gasteiger partial charge >= 0.3 is 5.97 Å². The molecule has 1 atom stereocenters. The Labute approximate surface area is 239 Å². The number of nitrogens with two attached hydrogens (primary N) is 1. The number of hydrogen-bond donors (Lipinski definition) is 1. The number of rotatable bonds is 5. The van der Waals surface area contributed by atoms with Crippen LogP contribution in [0.15, 0.2) is 58.4 Å². The highest BCUT2D eigenvalue weighted by atomic mass is 79.9. The lowest BCUT2D eigenvalue weighted by Crippen LogP contribution is -2.21. The molecule has 0 amide bonds. The molecular weight excluding hydrogens is 637 g/mol. The first-order valence-electron chi connectivity index (χ1n) is 9.94. The molecule has 3 aromatic rings. The zero-order valence-electron chi connectivity index (χ0n) is 17.8. The van der Waals surface area contributed by atoms with Crippen molar-refractivity contribution in [2.24, 2.45) is 5.73 Å². The van der Waals surface area contributed by atoms with Gasteiger partial charge in [-0.05, 0) is 23.8 Å². The molecule has 3 aromatic carbocycles. The number of nitriles is 1. The summed E-state index contributed by atoms with van der Waals surface area (Å²) < 4.78 is 17.3. The molecule has 0 fully saturated rings. The first kappa shape index (κ1) is 26.7. The summed E-state index contributed by atoms with van der Waals surface area (Å²) in [5.74, 6) is -0.870. The Hall–Kier alpha value is -2.31. The lowest BCUT2D eigenvalue weighted by atomic mass is 9.83. The number of benzene rings is 3. The van der Waals surface area contributed by atoms with E-state index in [2.05, 4.69) is 22.0 Å². The average molecular weight is 650 g/mol. The predicted octanol–water partition coefficient (Wildman–Crippen LogP) is 7.92. The second-order valence-corrected chi connectivity index (χ2v) is 10.1. The van der Waals surface area contributed by atoms with E-state index < -0.39 is 18.5 Å². The van der Waals surface area contributed by atoms with Crippen molar-refractivity contribution >= 4 is 79.9 Å². The molecule has 6 nitrogen and oxygen atoms in total. The summed E-state index contributed by atoms with van der Waals surface area (Å²) in [5, 5.41) is 9.33. The van der Waals surface area contributed by atoms with E-state index in [0.29, 0.717) is 11.3 Å². The first-order valence-corrected chi connectivity index (χ1v) is 12.6. The van der Waals surface area contributed by atoms with Gasteiger partial charge in [-0.3, -0.25) is 0 Å². The zero-order valence-corrected chi connectivity index (χ0v) is 23.1. The number of halogens is 6. The molecule has 184 valence electrons. The fourth-order valence-electron chi connectivity index (χ4n) is 3.50. The lowest BCUT2D eigenvalue weighted by Gasteiger charge is -2.26. The van der Waals surface area contributed by atoms with Crippen molar-refractivity contribution in [3.05, 3.63) is 94.6 Å². The van der Waals surface area contributed by atoms with Crippen LogP contribution >= 0.6 is 73.9 Å². The second-order valence-electron chi connectivity index (χ2n) is 7.34. The molecule has 36 heavy (non-hydrogen) atoms. The summed E-state index contributed by atoms with van der Waals surface area (Å²) in [6.45, 7) is -0.562. The summed E-state index contributed by atoms with van der Waals surface area (Å²) in [6.07, 6.45) is 0. The molecule has 0 aliphatic carbocycles. The normalized spacial score (nSPS) is 14.5. The van der Waals surface area contributed by atoms with Crippen LogP contribution in [0.3, 0.4) is 0 Å². The molecule has 0 aromatic heterocycles. The Morgan fingerprint density at radius 3 is 2.22 bits per heavy atom. The van der Waals surface area contributed by atoms with Crippen molar-refractivity contribution < 1.29 is 19.0 Å². The Balaban J connectivity index is 1.55. The number of fused-ring (bicyclic) bond motifs is 1. The standard InChI is InChI=1S/C24H12BrCl5N2O4/c25-11-3-1-10(2-4-11)17-13-6-5-12(7-15(13)36-24(32)14(17)8-31)35-16(33)9-34-23-21(29)19(27)18(26)20(28)22(23)30/h1-7,17H,9,32H2. The number of ether oxygens (including phenoxy) is 3. The monoisotopic (exact) mass is 646 g/mol. The van der Waals surface area contributed by atoms with Crippen LogP contribution in [0, 0.1) is 11.3 Å². The Kier molecular flexibility index (Phi) is 8.15. The summed E-state index contributed by atoms with van der Waals surface area (Å²) in [6, 6.07) is 14.4. The first-order chi connectivity index (χ1) is 17.1. The van der Waals surface area contributed by atoms with Crippen molar-refractivity contribution in [2.75, 3.05) is 6.61 Å². The minimum atomic E-state index is -0.772. The molecule has 4 rings (SSSR count). The molecule has 0 radical (unpaired) electrons. The van der Waals surface area contributed by atoms with Crippen molar-refractivity contribution in [1.29, 1.82) is 5.26 Å². The maximum atomic E-state index is 12.4. The molecule has 1 aliphatic heterocycles. The summed E-state index contributed by atoms with van der Waals surface area (Å²) in [7, 11) is 0. The largest absolute Gasteiger partial charge is 0.479 e. The van der Waals surface area contributed by atoms with Crippen molar-refractivity contribution in [2.45, 2.75) is 5.92 Å². The maximum Gasteiger partial charge on any atom is 0.349 e. The van der Waals surface area contributed by atoms with E-state index >= 15 is 0 Å². The van der Waals surface area contributed by atoms with Gasteiger partial charge in [0.25, 0.3) is 0 Å². The third-order valence-corrected chi connectivity index (χ3v) is 7.90. The third-order valence-electron chi connectivity index (χ3n) is 5.13. The highest BCUT2D eigenvalue weighted by molar-refractivity contribution is 9.10. The van der Waals surface area contributed by atoms with Gasteiger partial charge in [0, 0.05) is 16.1 Å².